The Morgan fingerprint density at radius 3 is 2.90 bits per heavy atom. The van der Waals surface area contributed by atoms with Crippen LogP contribution >= 0.6 is 23.2 Å². The second-order valence-corrected chi connectivity index (χ2v) is 6.82. The van der Waals surface area contributed by atoms with E-state index in [2.05, 4.69) is 12.2 Å². The molecule has 2 N–H and O–H groups in total. The molecule has 3 atom stereocenters. The Balaban J connectivity index is 1.80. The third kappa shape index (κ3) is 4.63. The summed E-state index contributed by atoms with van der Waals surface area (Å²) in [6.07, 6.45) is 4.67. The highest BCUT2D eigenvalue weighted by Gasteiger charge is 2.19. The molecule has 2 rings (SSSR count). The lowest BCUT2D eigenvalue weighted by molar-refractivity contribution is 0.169. The van der Waals surface area contributed by atoms with Crippen molar-refractivity contribution >= 4 is 23.2 Å². The lowest BCUT2D eigenvalue weighted by Gasteiger charge is -2.27. The maximum absolute atomic E-state index is 10.2. The molecule has 1 aromatic rings. The van der Waals surface area contributed by atoms with E-state index in [0.29, 0.717) is 22.2 Å². The van der Waals surface area contributed by atoms with Gasteiger partial charge in [-0.25, -0.2) is 0 Å². The average Bonchev–Trinajstić information content (AvgIpc) is 2.41. The molecule has 0 radical (unpaired) electrons. The third-order valence-electron chi connectivity index (χ3n) is 4.13. The topological polar surface area (TPSA) is 32.3 Å². The van der Waals surface area contributed by atoms with E-state index in [9.17, 15) is 5.11 Å². The fourth-order valence-electron chi connectivity index (χ4n) is 3.05. The number of hydrogen-bond acceptors (Lipinski definition) is 2. The Hall–Kier alpha value is -0.280. The molecule has 2 nitrogen and oxygen atoms in total. The van der Waals surface area contributed by atoms with Gasteiger partial charge in [-0.3, -0.25) is 0 Å². The van der Waals surface area contributed by atoms with Crippen molar-refractivity contribution in [3.63, 3.8) is 0 Å². The molecule has 4 heteroatoms. The van der Waals surface area contributed by atoms with Crippen molar-refractivity contribution in [1.29, 1.82) is 0 Å². The average molecular weight is 316 g/mol. The van der Waals surface area contributed by atoms with Gasteiger partial charge in [0.2, 0.25) is 0 Å². The smallest absolute Gasteiger partial charge is 0.0929 e. The highest BCUT2D eigenvalue weighted by molar-refractivity contribution is 6.33. The van der Waals surface area contributed by atoms with Crippen LogP contribution < -0.4 is 5.32 Å². The van der Waals surface area contributed by atoms with Crippen molar-refractivity contribution in [3.8, 4) is 0 Å². The van der Waals surface area contributed by atoms with E-state index in [0.717, 1.165) is 18.4 Å². The second kappa shape index (κ2) is 7.65. The SMILES string of the molecule is CC1CCCC(CNCC(O)c2cc(Cl)ccc2Cl)C1. The van der Waals surface area contributed by atoms with Crippen molar-refractivity contribution < 1.29 is 5.11 Å². The minimum atomic E-state index is -0.609. The van der Waals surface area contributed by atoms with Crippen LogP contribution in [0, 0.1) is 11.8 Å². The molecule has 0 amide bonds. The molecule has 0 spiro atoms. The van der Waals surface area contributed by atoms with Crippen molar-refractivity contribution in [2.24, 2.45) is 11.8 Å². The van der Waals surface area contributed by atoms with Gasteiger partial charge in [-0.05, 0) is 49.4 Å². The number of aliphatic hydroxyl groups excluding tert-OH is 1. The van der Waals surface area contributed by atoms with Gasteiger partial charge in [-0.1, -0.05) is 43.0 Å². The zero-order chi connectivity index (χ0) is 14.5. The van der Waals surface area contributed by atoms with E-state index in [1.165, 1.54) is 25.7 Å². The Labute approximate surface area is 131 Å². The van der Waals surface area contributed by atoms with Crippen LogP contribution in [0.25, 0.3) is 0 Å². The van der Waals surface area contributed by atoms with Crippen LogP contribution in [-0.4, -0.2) is 18.2 Å². The first kappa shape index (κ1) is 16.1. The largest absolute Gasteiger partial charge is 0.387 e. The first-order valence-corrected chi connectivity index (χ1v) is 8.15. The maximum atomic E-state index is 10.2. The third-order valence-corrected chi connectivity index (χ3v) is 4.71. The van der Waals surface area contributed by atoms with Gasteiger partial charge in [0, 0.05) is 22.2 Å². The van der Waals surface area contributed by atoms with Crippen LogP contribution in [0.2, 0.25) is 10.0 Å². The van der Waals surface area contributed by atoms with Gasteiger partial charge in [0.1, 0.15) is 0 Å². The summed E-state index contributed by atoms with van der Waals surface area (Å²) in [6.45, 7) is 3.82. The first-order valence-electron chi connectivity index (χ1n) is 7.40. The summed E-state index contributed by atoms with van der Waals surface area (Å²) in [5, 5.41) is 14.7. The van der Waals surface area contributed by atoms with Gasteiger partial charge in [0.05, 0.1) is 6.10 Å². The number of nitrogens with one attached hydrogen (secondary N) is 1. The van der Waals surface area contributed by atoms with Gasteiger partial charge in [-0.15, -0.1) is 0 Å². The zero-order valence-electron chi connectivity index (χ0n) is 11.9. The first-order chi connectivity index (χ1) is 9.56. The summed E-state index contributed by atoms with van der Waals surface area (Å²) in [6, 6.07) is 5.20. The van der Waals surface area contributed by atoms with E-state index in [1.54, 1.807) is 18.2 Å². The van der Waals surface area contributed by atoms with Gasteiger partial charge in [-0.2, -0.15) is 0 Å². The summed E-state index contributed by atoms with van der Waals surface area (Å²) in [4.78, 5) is 0. The minimum absolute atomic E-state index is 0.519. The number of aliphatic hydroxyl groups is 1. The molecule has 0 bridgehead atoms. The van der Waals surface area contributed by atoms with Crippen molar-refractivity contribution in [3.05, 3.63) is 33.8 Å². The van der Waals surface area contributed by atoms with E-state index in [-0.39, 0.29) is 0 Å². The number of benzene rings is 1. The van der Waals surface area contributed by atoms with Crippen LogP contribution in [0.4, 0.5) is 0 Å². The van der Waals surface area contributed by atoms with Crippen LogP contribution in [0.15, 0.2) is 18.2 Å². The monoisotopic (exact) mass is 315 g/mol. The van der Waals surface area contributed by atoms with E-state index < -0.39 is 6.10 Å². The lowest BCUT2D eigenvalue weighted by Crippen LogP contribution is -2.29. The molecule has 1 aliphatic carbocycles. The molecule has 0 heterocycles. The minimum Gasteiger partial charge on any atom is -0.387 e. The van der Waals surface area contributed by atoms with Crippen LogP contribution in [-0.2, 0) is 0 Å². The molecule has 1 fully saturated rings. The van der Waals surface area contributed by atoms with E-state index >= 15 is 0 Å². The van der Waals surface area contributed by atoms with E-state index in [1.807, 2.05) is 0 Å². The maximum Gasteiger partial charge on any atom is 0.0929 e. The Morgan fingerprint density at radius 1 is 1.35 bits per heavy atom. The molecule has 3 unspecified atom stereocenters. The quantitative estimate of drug-likeness (QED) is 0.841. The molecular weight excluding hydrogens is 293 g/mol. The molecule has 112 valence electrons. The Bertz CT molecular complexity index is 438. The molecule has 1 saturated carbocycles. The Kier molecular flexibility index (Phi) is 6.16. The molecule has 20 heavy (non-hydrogen) atoms. The van der Waals surface area contributed by atoms with Gasteiger partial charge in [0.15, 0.2) is 0 Å². The predicted molar refractivity (Wildman–Crippen MR) is 85.4 cm³/mol. The van der Waals surface area contributed by atoms with Crippen LogP contribution in [0.1, 0.15) is 44.3 Å². The van der Waals surface area contributed by atoms with Crippen LogP contribution in [0.3, 0.4) is 0 Å². The molecular formula is C16H23Cl2NO. The number of rotatable bonds is 5. The number of hydrogen-bond donors (Lipinski definition) is 2. The second-order valence-electron chi connectivity index (χ2n) is 5.98. The summed E-state index contributed by atoms with van der Waals surface area (Å²) in [5.74, 6) is 1.57. The van der Waals surface area contributed by atoms with E-state index in [4.69, 9.17) is 23.2 Å². The summed E-state index contributed by atoms with van der Waals surface area (Å²) < 4.78 is 0. The van der Waals surface area contributed by atoms with Gasteiger partial charge < -0.3 is 10.4 Å². The molecule has 1 aromatic carbocycles. The Morgan fingerprint density at radius 2 is 2.15 bits per heavy atom. The van der Waals surface area contributed by atoms with Gasteiger partial charge in [0.25, 0.3) is 0 Å². The molecule has 0 aliphatic heterocycles. The highest BCUT2D eigenvalue weighted by Crippen LogP contribution is 2.29. The fourth-order valence-corrected chi connectivity index (χ4v) is 3.47. The molecule has 0 saturated heterocycles. The highest BCUT2D eigenvalue weighted by atomic mass is 35.5. The predicted octanol–water partition coefficient (Wildman–Crippen LogP) is 4.44. The molecule has 0 aromatic heterocycles. The lowest BCUT2D eigenvalue weighted by atomic mass is 9.82. The van der Waals surface area contributed by atoms with Crippen molar-refractivity contribution in [1.82, 2.24) is 5.32 Å². The van der Waals surface area contributed by atoms with Crippen molar-refractivity contribution in [2.45, 2.75) is 38.7 Å². The fraction of sp³-hybridized carbons (Fsp3) is 0.625. The summed E-state index contributed by atoms with van der Waals surface area (Å²) in [7, 11) is 0. The normalized spacial score (nSPS) is 24.6. The summed E-state index contributed by atoms with van der Waals surface area (Å²) in [5.41, 5.74) is 0.698. The zero-order valence-corrected chi connectivity index (χ0v) is 13.4. The number of halogens is 2. The van der Waals surface area contributed by atoms with Gasteiger partial charge >= 0.3 is 0 Å². The summed E-state index contributed by atoms with van der Waals surface area (Å²) >= 11 is 12.0. The molecule has 1 aliphatic rings. The standard InChI is InChI=1S/C16H23Cl2NO/c1-11-3-2-4-12(7-11)9-19-10-16(20)14-8-13(17)5-6-15(14)18/h5-6,8,11-12,16,19-20H,2-4,7,9-10H2,1H3. The van der Waals surface area contributed by atoms with Crippen molar-refractivity contribution in [2.75, 3.05) is 13.1 Å². The van der Waals surface area contributed by atoms with Crippen LogP contribution in [0.5, 0.6) is 0 Å².